The second kappa shape index (κ2) is 12.2. The highest BCUT2D eigenvalue weighted by Gasteiger charge is 2.30. The molecule has 35 heavy (non-hydrogen) atoms. The third-order valence-electron chi connectivity index (χ3n) is 4.74. The van der Waals surface area contributed by atoms with Crippen LogP contribution in [0.4, 0.5) is 4.79 Å². The number of pyridine rings is 1. The van der Waals surface area contributed by atoms with Crippen molar-refractivity contribution in [1.29, 1.82) is 0 Å². The molecule has 3 aromatic rings. The number of aliphatic carboxylic acids is 2. The van der Waals surface area contributed by atoms with Crippen LogP contribution in [-0.2, 0) is 16.1 Å². The predicted octanol–water partition coefficient (Wildman–Crippen LogP) is -1.25. The van der Waals surface area contributed by atoms with Crippen LogP contribution in [-0.4, -0.2) is 54.9 Å². The normalized spacial score (nSPS) is 13.1. The number of aryl methyl sites for hydroxylation is 1. The van der Waals surface area contributed by atoms with E-state index in [0.717, 1.165) is 4.57 Å². The van der Waals surface area contributed by atoms with Crippen molar-refractivity contribution in [3.8, 4) is 0 Å². The molecule has 2 aromatic heterocycles. The zero-order valence-electron chi connectivity index (χ0n) is 18.5. The van der Waals surface area contributed by atoms with Gasteiger partial charge in [-0.15, -0.1) is 19.9 Å². The van der Waals surface area contributed by atoms with Crippen molar-refractivity contribution in [2.24, 2.45) is 20.4 Å². The first kappa shape index (κ1) is 26.9. The molecule has 0 saturated heterocycles. The van der Waals surface area contributed by atoms with Gasteiger partial charge in [-0.2, -0.15) is 9.91 Å². The first-order chi connectivity index (χ1) is 16.3. The summed E-state index contributed by atoms with van der Waals surface area (Å²) in [6.45, 7) is 1.47. The summed E-state index contributed by atoms with van der Waals surface area (Å²) in [4.78, 5) is 34.2. The Kier molecular flexibility index (Phi) is 9.35. The van der Waals surface area contributed by atoms with Gasteiger partial charge in [0.1, 0.15) is 6.54 Å². The molecule has 0 spiro atoms. The first-order valence-corrected chi connectivity index (χ1v) is 10.1. The van der Waals surface area contributed by atoms with Crippen LogP contribution in [0.3, 0.4) is 0 Å². The summed E-state index contributed by atoms with van der Waals surface area (Å²) < 4.78 is 3.88. The van der Waals surface area contributed by atoms with Crippen molar-refractivity contribution >= 4 is 34.9 Å². The van der Waals surface area contributed by atoms with Gasteiger partial charge >= 0.3 is 18.0 Å². The fourth-order valence-corrected chi connectivity index (χ4v) is 3.15. The van der Waals surface area contributed by atoms with Crippen molar-refractivity contribution in [2.75, 3.05) is 6.54 Å². The lowest BCUT2D eigenvalue weighted by molar-refractivity contribution is -0.683. The largest absolute Gasteiger partial charge is 1.00 e. The third-order valence-corrected chi connectivity index (χ3v) is 4.74. The molecule has 13 nitrogen and oxygen atoms in total. The smallest absolute Gasteiger partial charge is 0.509 e. The maximum Gasteiger partial charge on any atom is 0.509 e. The Hall–Kier alpha value is -4.39. The molecular formula is C21H22ClN7O6. The number of halogens is 1. The fraction of sp³-hybridized carbons (Fsp3) is 0.238. The van der Waals surface area contributed by atoms with Gasteiger partial charge in [-0.1, -0.05) is 18.2 Å². The average Bonchev–Trinajstić information content (AvgIpc) is 3.19. The highest BCUT2D eigenvalue weighted by Crippen LogP contribution is 2.13. The monoisotopic (exact) mass is 503 g/mol. The number of carbonyl (C=O) groups is 3. The minimum absolute atomic E-state index is 0. The molecule has 184 valence electrons. The maximum absolute atomic E-state index is 11.9. The molecule has 0 fully saturated rings. The van der Waals surface area contributed by atoms with E-state index in [1.54, 1.807) is 53.2 Å². The lowest BCUT2D eigenvalue weighted by Crippen LogP contribution is -3.00. The number of hydrogen-bond donors (Lipinski definition) is 3. The molecule has 0 saturated carbocycles. The van der Waals surface area contributed by atoms with Gasteiger partial charge in [0.15, 0.2) is 22.4 Å². The molecule has 3 rings (SSSR count). The lowest BCUT2D eigenvalue weighted by Gasteiger charge is -2.06. The van der Waals surface area contributed by atoms with E-state index in [-0.39, 0.29) is 37.8 Å². The number of para-hydroxylation sites is 2. The Morgan fingerprint density at radius 1 is 1.06 bits per heavy atom. The number of aromatic nitrogens is 3. The zero-order valence-corrected chi connectivity index (χ0v) is 19.2. The van der Waals surface area contributed by atoms with Gasteiger partial charge in [0.25, 0.3) is 6.33 Å². The standard InChI is InChI=1S/C21H21N7O6.ClH/c1-14(24-25-18-8-4-5-10-26(18)11-9-19(29)30)23-22-12-17(20(31)32)27-13-28(21(33)34)16-7-3-2-6-15(16)27;/h2-8,10,13,17H,9,11-12H2,1H3,(H2-,29,30,31,32,33,34);1H. The molecular weight excluding hydrogens is 482 g/mol. The third kappa shape index (κ3) is 6.80. The molecule has 0 amide bonds. The molecule has 0 aliphatic carbocycles. The highest BCUT2D eigenvalue weighted by atomic mass is 35.5. The quantitative estimate of drug-likeness (QED) is 0.114. The topological polar surface area (TPSA) is 175 Å². The van der Waals surface area contributed by atoms with Crippen molar-refractivity contribution < 1.29 is 46.7 Å². The Bertz CT molecular complexity index is 1360. The fourth-order valence-electron chi connectivity index (χ4n) is 3.15. The van der Waals surface area contributed by atoms with Gasteiger partial charge in [0.2, 0.25) is 6.04 Å². The van der Waals surface area contributed by atoms with E-state index in [4.69, 9.17) is 5.11 Å². The summed E-state index contributed by atoms with van der Waals surface area (Å²) in [6.07, 6.45) is 1.55. The van der Waals surface area contributed by atoms with Gasteiger partial charge in [-0.3, -0.25) is 4.79 Å². The second-order valence-electron chi connectivity index (χ2n) is 7.09. The maximum atomic E-state index is 11.9. The van der Waals surface area contributed by atoms with E-state index in [2.05, 4.69) is 20.4 Å². The van der Waals surface area contributed by atoms with E-state index < -0.39 is 24.1 Å². The molecule has 0 aliphatic heterocycles. The SMILES string of the molecule is CC(N=NCC(C(=O)O)[n+]1cn(C(=O)O)c2ccccc21)=NN=c1ccccn1CCC(=O)O.[Cl-]. The number of carboxylic acids is 2. The number of azo groups is 1. The number of fused-ring (bicyclic) bond motifs is 1. The van der Waals surface area contributed by atoms with Crippen LogP contribution in [0.15, 0.2) is 75.4 Å². The second-order valence-corrected chi connectivity index (χ2v) is 7.09. The molecule has 0 radical (unpaired) electrons. The molecule has 2 heterocycles. The zero-order chi connectivity index (χ0) is 24.7. The number of imidazole rings is 1. The number of rotatable bonds is 8. The molecule has 3 N–H and O–H groups in total. The summed E-state index contributed by atoms with van der Waals surface area (Å²) in [6, 6.07) is 10.4. The van der Waals surface area contributed by atoms with Gasteiger partial charge < -0.3 is 32.3 Å². The van der Waals surface area contributed by atoms with Crippen LogP contribution in [0.25, 0.3) is 11.0 Å². The van der Waals surface area contributed by atoms with Crippen molar-refractivity contribution in [1.82, 2.24) is 9.13 Å². The van der Waals surface area contributed by atoms with E-state index in [1.807, 2.05) is 0 Å². The Labute approximate surface area is 204 Å². The van der Waals surface area contributed by atoms with Crippen LogP contribution < -0.4 is 22.5 Å². The van der Waals surface area contributed by atoms with E-state index >= 15 is 0 Å². The molecule has 14 heteroatoms. The van der Waals surface area contributed by atoms with Crippen LogP contribution in [0.5, 0.6) is 0 Å². The molecule has 1 aromatic carbocycles. The molecule has 1 unspecified atom stereocenters. The minimum atomic E-state index is -1.24. The van der Waals surface area contributed by atoms with E-state index in [9.17, 15) is 24.6 Å². The first-order valence-electron chi connectivity index (χ1n) is 10.1. The lowest BCUT2D eigenvalue weighted by atomic mass is 10.2. The highest BCUT2D eigenvalue weighted by molar-refractivity contribution is 5.84. The van der Waals surface area contributed by atoms with Gasteiger partial charge in [0, 0.05) is 12.7 Å². The van der Waals surface area contributed by atoms with Crippen LogP contribution >= 0.6 is 0 Å². The Balaban J connectivity index is 0.00000432. The number of benzene rings is 1. The summed E-state index contributed by atoms with van der Waals surface area (Å²) in [5.74, 6) is -2.00. The summed E-state index contributed by atoms with van der Waals surface area (Å²) in [5.41, 5.74) is 1.18. The number of nitrogens with zero attached hydrogens (tertiary/aromatic N) is 7. The van der Waals surface area contributed by atoms with Crippen LogP contribution in [0.1, 0.15) is 19.4 Å². The number of amidine groups is 1. The minimum Gasteiger partial charge on any atom is -1.00 e. The predicted molar refractivity (Wildman–Crippen MR) is 117 cm³/mol. The Morgan fingerprint density at radius 3 is 2.46 bits per heavy atom. The average molecular weight is 504 g/mol. The Morgan fingerprint density at radius 2 is 1.77 bits per heavy atom. The van der Waals surface area contributed by atoms with Gasteiger partial charge in [0.05, 0.1) is 6.42 Å². The van der Waals surface area contributed by atoms with E-state index in [0.29, 0.717) is 16.5 Å². The van der Waals surface area contributed by atoms with Gasteiger partial charge in [-0.25, -0.2) is 9.36 Å². The summed E-state index contributed by atoms with van der Waals surface area (Å²) in [5, 5.41) is 43.8. The molecule has 1 atom stereocenters. The van der Waals surface area contributed by atoms with Gasteiger partial charge in [-0.05, 0) is 31.2 Å². The summed E-state index contributed by atoms with van der Waals surface area (Å²) >= 11 is 0. The van der Waals surface area contributed by atoms with Crippen molar-refractivity contribution in [2.45, 2.75) is 25.9 Å². The summed E-state index contributed by atoms with van der Waals surface area (Å²) in [7, 11) is 0. The number of hydrogen-bond acceptors (Lipinski definition) is 6. The molecule has 0 aliphatic rings. The van der Waals surface area contributed by atoms with Crippen molar-refractivity contribution in [3.05, 3.63) is 60.5 Å². The molecule has 0 bridgehead atoms. The van der Waals surface area contributed by atoms with E-state index in [1.165, 1.54) is 17.8 Å². The number of carboxylic acid groups (broad SMARTS) is 3. The van der Waals surface area contributed by atoms with Crippen LogP contribution in [0, 0.1) is 0 Å². The van der Waals surface area contributed by atoms with Crippen LogP contribution in [0.2, 0.25) is 0 Å². The van der Waals surface area contributed by atoms with Crippen molar-refractivity contribution in [3.63, 3.8) is 0 Å².